The van der Waals surface area contributed by atoms with Crippen LogP contribution < -0.4 is 5.32 Å². The number of hydrogen-bond donors (Lipinski definition) is 1. The molecule has 3 aliphatic rings. The summed E-state index contributed by atoms with van der Waals surface area (Å²) in [5.74, 6) is -0.801. The molecule has 142 valence electrons. The summed E-state index contributed by atoms with van der Waals surface area (Å²) in [6.45, 7) is 0.787. The quantitative estimate of drug-likeness (QED) is 0.729. The van der Waals surface area contributed by atoms with E-state index in [9.17, 15) is 19.2 Å². The highest BCUT2D eigenvalue weighted by Gasteiger charge is 2.38. The minimum atomic E-state index is -0.434. The van der Waals surface area contributed by atoms with E-state index in [0.717, 1.165) is 17.7 Å². The van der Waals surface area contributed by atoms with Crippen LogP contribution in [-0.2, 0) is 9.59 Å². The van der Waals surface area contributed by atoms with Gasteiger partial charge in [-0.05, 0) is 43.9 Å². The Morgan fingerprint density at radius 3 is 2.37 bits per heavy atom. The number of imide groups is 1. The number of fused-ring (bicyclic) bond motifs is 1. The Bertz CT molecular complexity index is 828. The van der Waals surface area contributed by atoms with Gasteiger partial charge in [0.1, 0.15) is 6.54 Å². The van der Waals surface area contributed by atoms with Crippen molar-refractivity contribution >= 4 is 39.6 Å². The lowest BCUT2D eigenvalue weighted by atomic mass is 10.0. The van der Waals surface area contributed by atoms with Gasteiger partial charge in [0, 0.05) is 29.5 Å². The Labute approximate surface area is 165 Å². The predicted molar refractivity (Wildman–Crippen MR) is 100.0 cm³/mol. The number of hydrogen-bond acceptors (Lipinski definition) is 4. The van der Waals surface area contributed by atoms with Crippen LogP contribution in [0.4, 0.5) is 0 Å². The smallest absolute Gasteiger partial charge is 0.262 e. The first-order chi connectivity index (χ1) is 12.9. The monoisotopic (exact) mass is 433 g/mol. The molecule has 0 atom stereocenters. The lowest BCUT2D eigenvalue weighted by molar-refractivity contribution is -0.132. The van der Waals surface area contributed by atoms with Crippen molar-refractivity contribution in [1.29, 1.82) is 0 Å². The van der Waals surface area contributed by atoms with Gasteiger partial charge < -0.3 is 10.2 Å². The van der Waals surface area contributed by atoms with Crippen molar-refractivity contribution in [2.75, 3.05) is 19.6 Å². The molecule has 1 aliphatic carbocycles. The molecule has 7 nitrogen and oxygen atoms in total. The topological polar surface area (TPSA) is 86.8 Å². The highest BCUT2D eigenvalue weighted by molar-refractivity contribution is 9.10. The van der Waals surface area contributed by atoms with Crippen LogP contribution in [-0.4, -0.2) is 59.1 Å². The summed E-state index contributed by atoms with van der Waals surface area (Å²) in [4.78, 5) is 52.1. The van der Waals surface area contributed by atoms with Crippen LogP contribution in [0.3, 0.4) is 0 Å². The van der Waals surface area contributed by atoms with Gasteiger partial charge in [-0.1, -0.05) is 15.9 Å². The lowest BCUT2D eigenvalue weighted by Crippen LogP contribution is -2.49. The number of likely N-dealkylation sites (tertiary alicyclic amines) is 1. The van der Waals surface area contributed by atoms with Crippen molar-refractivity contribution in [3.63, 3.8) is 0 Å². The molecule has 2 heterocycles. The molecule has 0 radical (unpaired) electrons. The fourth-order valence-electron chi connectivity index (χ4n) is 3.58. The number of benzene rings is 1. The average Bonchev–Trinajstić information content (AvgIpc) is 3.47. The molecule has 0 unspecified atom stereocenters. The van der Waals surface area contributed by atoms with Crippen LogP contribution in [0.15, 0.2) is 22.7 Å². The SMILES string of the molecule is O=C(NC1CCN(C(=O)CN2C(=O)c3ccc(Br)cc3C2=O)CC1)C1CC1. The maximum Gasteiger partial charge on any atom is 0.262 e. The number of carbonyl (C=O) groups excluding carboxylic acids is 4. The molecule has 1 saturated heterocycles. The molecular formula is C19H20BrN3O4. The summed E-state index contributed by atoms with van der Waals surface area (Å²) in [5, 5.41) is 3.04. The van der Waals surface area contributed by atoms with Crippen LogP contribution >= 0.6 is 15.9 Å². The zero-order valence-electron chi connectivity index (χ0n) is 14.7. The summed E-state index contributed by atoms with van der Waals surface area (Å²) < 4.78 is 0.714. The molecular weight excluding hydrogens is 414 g/mol. The van der Waals surface area contributed by atoms with E-state index in [1.165, 1.54) is 0 Å². The number of nitrogens with one attached hydrogen (secondary N) is 1. The Morgan fingerprint density at radius 2 is 1.70 bits per heavy atom. The number of piperidine rings is 1. The number of rotatable bonds is 4. The third-order valence-corrected chi connectivity index (χ3v) is 5.86. The van der Waals surface area contributed by atoms with Crippen molar-refractivity contribution in [1.82, 2.24) is 15.1 Å². The molecule has 4 amide bonds. The number of halogens is 1. The zero-order chi connectivity index (χ0) is 19.1. The zero-order valence-corrected chi connectivity index (χ0v) is 16.3. The van der Waals surface area contributed by atoms with E-state index in [-0.39, 0.29) is 30.3 Å². The van der Waals surface area contributed by atoms with Gasteiger partial charge in [-0.2, -0.15) is 0 Å². The third-order valence-electron chi connectivity index (χ3n) is 5.37. The summed E-state index contributed by atoms with van der Waals surface area (Å²) in [6.07, 6.45) is 3.33. The number of nitrogens with zero attached hydrogens (tertiary/aromatic N) is 2. The Hall–Kier alpha value is -2.22. The van der Waals surface area contributed by atoms with Gasteiger partial charge in [-0.3, -0.25) is 24.1 Å². The molecule has 1 aromatic carbocycles. The summed E-state index contributed by atoms with van der Waals surface area (Å²) in [7, 11) is 0. The Morgan fingerprint density at radius 1 is 1.04 bits per heavy atom. The maximum absolute atomic E-state index is 12.6. The second kappa shape index (κ2) is 7.07. The lowest BCUT2D eigenvalue weighted by Gasteiger charge is -2.33. The van der Waals surface area contributed by atoms with Crippen molar-refractivity contribution in [3.8, 4) is 0 Å². The van der Waals surface area contributed by atoms with Crippen molar-refractivity contribution in [2.24, 2.45) is 5.92 Å². The van der Waals surface area contributed by atoms with E-state index in [4.69, 9.17) is 0 Å². The molecule has 2 fully saturated rings. The van der Waals surface area contributed by atoms with Crippen LogP contribution in [0.1, 0.15) is 46.4 Å². The summed E-state index contributed by atoms with van der Waals surface area (Å²) in [5.41, 5.74) is 0.654. The van der Waals surface area contributed by atoms with Gasteiger partial charge in [0.15, 0.2) is 0 Å². The first-order valence-corrected chi connectivity index (χ1v) is 9.97. The molecule has 1 saturated carbocycles. The van der Waals surface area contributed by atoms with Gasteiger partial charge in [0.25, 0.3) is 11.8 Å². The fourth-order valence-corrected chi connectivity index (χ4v) is 3.94. The van der Waals surface area contributed by atoms with Crippen molar-refractivity contribution in [2.45, 2.75) is 31.7 Å². The first-order valence-electron chi connectivity index (χ1n) is 9.18. The van der Waals surface area contributed by atoms with E-state index >= 15 is 0 Å². The summed E-state index contributed by atoms with van der Waals surface area (Å²) in [6, 6.07) is 5.00. The van der Waals surface area contributed by atoms with E-state index < -0.39 is 11.8 Å². The molecule has 0 spiro atoms. The fraction of sp³-hybridized carbons (Fsp3) is 0.474. The van der Waals surface area contributed by atoms with Crippen molar-refractivity contribution < 1.29 is 19.2 Å². The van der Waals surface area contributed by atoms with Crippen molar-refractivity contribution in [3.05, 3.63) is 33.8 Å². The van der Waals surface area contributed by atoms with E-state index in [2.05, 4.69) is 21.2 Å². The van der Waals surface area contributed by atoms with Gasteiger partial charge in [-0.15, -0.1) is 0 Å². The molecule has 1 aromatic rings. The largest absolute Gasteiger partial charge is 0.353 e. The van der Waals surface area contributed by atoms with Crippen LogP contribution in [0, 0.1) is 5.92 Å². The minimum Gasteiger partial charge on any atom is -0.353 e. The normalized spacial score (nSPS) is 20.0. The molecule has 27 heavy (non-hydrogen) atoms. The van der Waals surface area contributed by atoms with Crippen LogP contribution in [0.25, 0.3) is 0 Å². The van der Waals surface area contributed by atoms with Crippen LogP contribution in [0.2, 0.25) is 0 Å². The van der Waals surface area contributed by atoms with Gasteiger partial charge in [0.05, 0.1) is 11.1 Å². The second-order valence-corrected chi connectivity index (χ2v) is 8.24. The van der Waals surface area contributed by atoms with Gasteiger partial charge in [0.2, 0.25) is 11.8 Å². The molecule has 1 N–H and O–H groups in total. The Kier molecular flexibility index (Phi) is 4.75. The molecule has 4 rings (SSSR count). The molecule has 2 aliphatic heterocycles. The van der Waals surface area contributed by atoms with Crippen LogP contribution in [0.5, 0.6) is 0 Å². The Balaban J connectivity index is 1.33. The minimum absolute atomic E-state index is 0.0961. The first kappa shape index (κ1) is 18.2. The predicted octanol–water partition coefficient (Wildman–Crippen LogP) is 1.56. The average molecular weight is 434 g/mol. The van der Waals surface area contributed by atoms with E-state index in [0.29, 0.717) is 41.5 Å². The standard InChI is InChI=1S/C19H20BrN3O4/c20-12-3-4-14-15(9-12)19(27)23(18(14)26)10-16(24)22-7-5-13(6-8-22)21-17(25)11-1-2-11/h3-4,9,11,13H,1-2,5-8,10H2,(H,21,25). The molecule has 0 aromatic heterocycles. The molecule has 0 bridgehead atoms. The second-order valence-electron chi connectivity index (χ2n) is 7.32. The highest BCUT2D eigenvalue weighted by atomic mass is 79.9. The maximum atomic E-state index is 12.6. The van der Waals surface area contributed by atoms with E-state index in [1.807, 2.05) is 0 Å². The number of carbonyl (C=O) groups is 4. The number of amides is 4. The highest BCUT2D eigenvalue weighted by Crippen LogP contribution is 2.29. The summed E-state index contributed by atoms with van der Waals surface area (Å²) >= 11 is 3.29. The third kappa shape index (κ3) is 3.63. The van der Waals surface area contributed by atoms with E-state index in [1.54, 1.807) is 23.1 Å². The van der Waals surface area contributed by atoms with Gasteiger partial charge in [-0.25, -0.2) is 0 Å². The molecule has 8 heteroatoms. The van der Waals surface area contributed by atoms with Gasteiger partial charge >= 0.3 is 0 Å².